The largest absolute Gasteiger partial charge is 0.380 e. The number of unbranched alkanes of at least 4 members (excludes halogenated alkanes) is 1. The van der Waals surface area contributed by atoms with Crippen molar-refractivity contribution in [2.75, 3.05) is 19.8 Å². The normalized spacial score (nSPS) is 12.8. The Morgan fingerprint density at radius 3 is 2.77 bits per heavy atom. The molecule has 0 aliphatic heterocycles. The predicted octanol–water partition coefficient (Wildman–Crippen LogP) is 0.267. The van der Waals surface area contributed by atoms with Gasteiger partial charge in [-0.3, -0.25) is 4.79 Å². The van der Waals surface area contributed by atoms with Gasteiger partial charge < -0.3 is 15.8 Å². The number of carbonyl (C=O) groups excluding carboxylic acids is 1. The van der Waals surface area contributed by atoms with E-state index in [4.69, 9.17) is 10.5 Å². The predicted molar refractivity (Wildman–Crippen MR) is 52.4 cm³/mol. The van der Waals surface area contributed by atoms with Gasteiger partial charge in [-0.25, -0.2) is 0 Å². The van der Waals surface area contributed by atoms with Gasteiger partial charge >= 0.3 is 0 Å². The first-order valence-corrected chi connectivity index (χ1v) is 4.79. The summed E-state index contributed by atoms with van der Waals surface area (Å²) in [6, 6.07) is -0.269. The van der Waals surface area contributed by atoms with Gasteiger partial charge in [0.05, 0.1) is 12.6 Å². The Bertz CT molecular complexity index is 140. The van der Waals surface area contributed by atoms with Crippen LogP contribution in [0.2, 0.25) is 0 Å². The summed E-state index contributed by atoms with van der Waals surface area (Å²) in [6.45, 7) is 5.97. The molecule has 1 amide bonds. The van der Waals surface area contributed by atoms with Gasteiger partial charge in [0.25, 0.3) is 0 Å². The van der Waals surface area contributed by atoms with E-state index in [-0.39, 0.29) is 11.9 Å². The van der Waals surface area contributed by atoms with Crippen molar-refractivity contribution >= 4 is 5.91 Å². The highest BCUT2D eigenvalue weighted by atomic mass is 16.5. The van der Waals surface area contributed by atoms with Crippen LogP contribution in [-0.2, 0) is 9.53 Å². The van der Waals surface area contributed by atoms with Crippen LogP contribution in [0.15, 0.2) is 0 Å². The minimum Gasteiger partial charge on any atom is -0.380 e. The van der Waals surface area contributed by atoms with E-state index < -0.39 is 0 Å². The molecule has 0 aromatic carbocycles. The molecule has 0 saturated carbocycles. The van der Waals surface area contributed by atoms with Crippen molar-refractivity contribution in [2.24, 2.45) is 5.73 Å². The fourth-order valence-electron chi connectivity index (χ4n) is 0.797. The summed E-state index contributed by atoms with van der Waals surface area (Å²) in [5.74, 6) is -0.325. The molecule has 0 radical (unpaired) electrons. The molecule has 0 aromatic heterocycles. The van der Waals surface area contributed by atoms with Crippen LogP contribution in [0, 0.1) is 0 Å². The highest BCUT2D eigenvalue weighted by molar-refractivity contribution is 5.79. The lowest BCUT2D eigenvalue weighted by molar-refractivity contribution is -0.119. The summed E-state index contributed by atoms with van der Waals surface area (Å²) in [7, 11) is 0. The average Bonchev–Trinajstić information content (AvgIpc) is 2.10. The van der Waals surface area contributed by atoms with Crippen LogP contribution in [-0.4, -0.2) is 31.7 Å². The molecule has 0 fully saturated rings. The Balaban J connectivity index is 3.11. The van der Waals surface area contributed by atoms with Crippen LogP contribution in [0.3, 0.4) is 0 Å². The maximum absolute atomic E-state index is 10.6. The smallest absolute Gasteiger partial charge is 0.234 e. The molecule has 3 N–H and O–H groups in total. The first-order valence-electron chi connectivity index (χ1n) is 4.79. The zero-order chi connectivity index (χ0) is 10.1. The number of carbonyl (C=O) groups is 1. The zero-order valence-corrected chi connectivity index (χ0v) is 8.51. The monoisotopic (exact) mass is 188 g/mol. The molecule has 1 unspecified atom stereocenters. The molecule has 0 saturated heterocycles. The van der Waals surface area contributed by atoms with Crippen molar-refractivity contribution in [3.05, 3.63) is 0 Å². The summed E-state index contributed by atoms with van der Waals surface area (Å²) in [4.78, 5) is 10.6. The van der Waals surface area contributed by atoms with Crippen molar-refractivity contribution in [2.45, 2.75) is 32.7 Å². The van der Waals surface area contributed by atoms with E-state index in [0.29, 0.717) is 13.2 Å². The summed E-state index contributed by atoms with van der Waals surface area (Å²) < 4.78 is 5.29. The van der Waals surface area contributed by atoms with E-state index >= 15 is 0 Å². The van der Waals surface area contributed by atoms with Gasteiger partial charge in [-0.2, -0.15) is 0 Å². The molecule has 0 rings (SSSR count). The topological polar surface area (TPSA) is 64.3 Å². The standard InChI is InChI=1S/C9H20N2O2/c1-3-4-6-13-7-5-11-8(2)9(10)12/h8,11H,3-7H2,1-2H3,(H2,10,12). The van der Waals surface area contributed by atoms with Crippen LogP contribution >= 0.6 is 0 Å². The minimum atomic E-state index is -0.325. The first-order chi connectivity index (χ1) is 6.18. The molecule has 13 heavy (non-hydrogen) atoms. The number of amides is 1. The summed E-state index contributed by atoms with van der Waals surface area (Å²) in [6.07, 6.45) is 2.23. The van der Waals surface area contributed by atoms with Crippen molar-refractivity contribution in [1.82, 2.24) is 5.32 Å². The van der Waals surface area contributed by atoms with Crippen LogP contribution in [0.4, 0.5) is 0 Å². The van der Waals surface area contributed by atoms with Gasteiger partial charge in [-0.15, -0.1) is 0 Å². The van der Waals surface area contributed by atoms with Gasteiger partial charge in [-0.05, 0) is 13.3 Å². The summed E-state index contributed by atoms with van der Waals surface area (Å²) >= 11 is 0. The molecule has 0 spiro atoms. The number of rotatable bonds is 8. The molecule has 0 bridgehead atoms. The third-order valence-electron chi connectivity index (χ3n) is 1.77. The molecule has 4 nitrogen and oxygen atoms in total. The number of nitrogens with one attached hydrogen (secondary N) is 1. The molecule has 0 heterocycles. The van der Waals surface area contributed by atoms with Gasteiger partial charge in [-0.1, -0.05) is 13.3 Å². The van der Waals surface area contributed by atoms with E-state index in [1.54, 1.807) is 6.92 Å². The average molecular weight is 188 g/mol. The lowest BCUT2D eigenvalue weighted by atomic mass is 10.3. The van der Waals surface area contributed by atoms with Crippen molar-refractivity contribution in [1.29, 1.82) is 0 Å². The summed E-state index contributed by atoms with van der Waals surface area (Å²) in [5, 5.41) is 2.96. The zero-order valence-electron chi connectivity index (χ0n) is 8.51. The summed E-state index contributed by atoms with van der Waals surface area (Å²) in [5.41, 5.74) is 5.06. The molecule has 4 heteroatoms. The lowest BCUT2D eigenvalue weighted by Gasteiger charge is -2.09. The maximum Gasteiger partial charge on any atom is 0.234 e. The van der Waals surface area contributed by atoms with Gasteiger partial charge in [0.15, 0.2) is 0 Å². The highest BCUT2D eigenvalue weighted by Crippen LogP contribution is 1.87. The number of hydrogen-bond acceptors (Lipinski definition) is 3. The number of primary amides is 1. The lowest BCUT2D eigenvalue weighted by Crippen LogP contribution is -2.40. The number of hydrogen-bond donors (Lipinski definition) is 2. The SMILES string of the molecule is CCCCOCCNC(C)C(N)=O. The molecular weight excluding hydrogens is 168 g/mol. The fraction of sp³-hybridized carbons (Fsp3) is 0.889. The molecule has 78 valence electrons. The fourth-order valence-corrected chi connectivity index (χ4v) is 0.797. The van der Waals surface area contributed by atoms with E-state index in [9.17, 15) is 4.79 Å². The second kappa shape index (κ2) is 8.01. The van der Waals surface area contributed by atoms with Gasteiger partial charge in [0, 0.05) is 13.2 Å². The molecule has 1 atom stereocenters. The van der Waals surface area contributed by atoms with Crippen molar-refractivity contribution in [3.8, 4) is 0 Å². The quantitative estimate of drug-likeness (QED) is 0.537. The van der Waals surface area contributed by atoms with E-state index in [1.165, 1.54) is 0 Å². The van der Waals surface area contributed by atoms with Gasteiger partial charge in [0.1, 0.15) is 0 Å². The van der Waals surface area contributed by atoms with Crippen LogP contribution < -0.4 is 11.1 Å². The van der Waals surface area contributed by atoms with Gasteiger partial charge in [0.2, 0.25) is 5.91 Å². The van der Waals surface area contributed by atoms with Crippen LogP contribution in [0.25, 0.3) is 0 Å². The first kappa shape index (κ1) is 12.4. The Kier molecular flexibility index (Phi) is 7.63. The Hall–Kier alpha value is -0.610. The molecule has 0 aliphatic carbocycles. The Morgan fingerprint density at radius 2 is 2.23 bits per heavy atom. The minimum absolute atomic E-state index is 0.269. The molecule has 0 aliphatic rings. The molecular formula is C9H20N2O2. The van der Waals surface area contributed by atoms with Crippen LogP contribution in [0.5, 0.6) is 0 Å². The highest BCUT2D eigenvalue weighted by Gasteiger charge is 2.05. The number of nitrogens with two attached hydrogens (primary N) is 1. The maximum atomic E-state index is 10.6. The van der Waals surface area contributed by atoms with Crippen molar-refractivity contribution in [3.63, 3.8) is 0 Å². The third-order valence-corrected chi connectivity index (χ3v) is 1.77. The second-order valence-electron chi connectivity index (χ2n) is 3.04. The number of ether oxygens (including phenoxy) is 1. The van der Waals surface area contributed by atoms with E-state index in [0.717, 1.165) is 19.4 Å². The second-order valence-corrected chi connectivity index (χ2v) is 3.04. The Labute approximate surface area is 79.8 Å². The van der Waals surface area contributed by atoms with Crippen molar-refractivity contribution < 1.29 is 9.53 Å². The Morgan fingerprint density at radius 1 is 1.54 bits per heavy atom. The van der Waals surface area contributed by atoms with E-state index in [2.05, 4.69) is 12.2 Å². The molecule has 0 aromatic rings. The van der Waals surface area contributed by atoms with E-state index in [1.807, 2.05) is 0 Å². The van der Waals surface area contributed by atoms with Crippen LogP contribution in [0.1, 0.15) is 26.7 Å². The third kappa shape index (κ3) is 7.74.